The zero-order chi connectivity index (χ0) is 21.6. The highest BCUT2D eigenvalue weighted by Crippen LogP contribution is 2.24. The van der Waals surface area contributed by atoms with Crippen molar-refractivity contribution in [1.29, 1.82) is 0 Å². The maximum absolute atomic E-state index is 12.7. The Balaban J connectivity index is 1.32. The van der Waals surface area contributed by atoms with Crippen LogP contribution in [0.2, 0.25) is 0 Å². The number of aromatic nitrogens is 2. The van der Waals surface area contributed by atoms with Crippen molar-refractivity contribution in [3.8, 4) is 5.75 Å². The van der Waals surface area contributed by atoms with E-state index in [0.717, 1.165) is 40.3 Å². The van der Waals surface area contributed by atoms with Gasteiger partial charge in [0.2, 0.25) is 11.0 Å². The molecule has 1 amide bonds. The average molecular weight is 455 g/mol. The van der Waals surface area contributed by atoms with E-state index in [2.05, 4.69) is 22.3 Å². The molecule has 31 heavy (non-hydrogen) atoms. The van der Waals surface area contributed by atoms with Crippen LogP contribution in [-0.2, 0) is 11.2 Å². The fourth-order valence-corrected chi connectivity index (χ4v) is 5.18. The van der Waals surface area contributed by atoms with E-state index in [0.29, 0.717) is 18.7 Å². The molecule has 1 unspecified atom stereocenters. The van der Waals surface area contributed by atoms with E-state index in [1.54, 1.807) is 18.9 Å². The minimum Gasteiger partial charge on any atom is -0.497 e. The third-order valence-electron chi connectivity index (χ3n) is 5.28. The molecule has 1 saturated heterocycles. The van der Waals surface area contributed by atoms with Crippen LogP contribution >= 0.6 is 23.3 Å². The molecule has 2 aromatic carbocycles. The quantitative estimate of drug-likeness (QED) is 0.504. The second-order valence-corrected chi connectivity index (χ2v) is 9.28. The molecule has 1 atom stereocenters. The molecule has 1 aromatic heterocycles. The van der Waals surface area contributed by atoms with Crippen LogP contribution in [0.15, 0.2) is 59.5 Å². The van der Waals surface area contributed by atoms with Crippen LogP contribution in [0.3, 0.4) is 0 Å². The summed E-state index contributed by atoms with van der Waals surface area (Å²) >= 11 is 3.02. The van der Waals surface area contributed by atoms with E-state index in [9.17, 15) is 4.79 Å². The van der Waals surface area contributed by atoms with Crippen LogP contribution in [0.25, 0.3) is 0 Å². The Morgan fingerprint density at radius 1 is 1.19 bits per heavy atom. The molecule has 4 rings (SSSR count). The van der Waals surface area contributed by atoms with E-state index >= 15 is 0 Å². The number of ether oxygens (including phenoxy) is 1. The van der Waals surface area contributed by atoms with Gasteiger partial charge in [-0.1, -0.05) is 30.3 Å². The van der Waals surface area contributed by atoms with Crippen molar-refractivity contribution in [2.45, 2.75) is 24.3 Å². The first kappa shape index (κ1) is 21.6. The fourth-order valence-electron chi connectivity index (χ4n) is 3.66. The molecule has 162 valence electrons. The Labute approximate surface area is 191 Å². The molecule has 2 heterocycles. The number of hydrogen-bond acceptors (Lipinski definition) is 7. The lowest BCUT2D eigenvalue weighted by Crippen LogP contribution is -2.54. The standard InChI is InChI=1S/C23H26N4O2S2/c1-17-15-26(11-12-27(17)22(28)16-30-20-9-4-3-5-10-20)23-24-21(25-31-23)14-18-7-6-8-19(13-18)29-2/h3-10,13,17H,11-12,14-16H2,1-2H3. The molecule has 6 nitrogen and oxygen atoms in total. The van der Waals surface area contributed by atoms with Crippen molar-refractivity contribution in [2.75, 3.05) is 37.4 Å². The zero-order valence-electron chi connectivity index (χ0n) is 17.7. The molecule has 0 saturated carbocycles. The number of methoxy groups -OCH3 is 1. The van der Waals surface area contributed by atoms with Crippen LogP contribution in [0, 0.1) is 0 Å². The highest BCUT2D eigenvalue weighted by atomic mass is 32.2. The number of carbonyl (C=O) groups excluding carboxylic acids is 1. The Bertz CT molecular complexity index is 1010. The first-order valence-corrected chi connectivity index (χ1v) is 12.1. The Morgan fingerprint density at radius 3 is 2.81 bits per heavy atom. The minimum atomic E-state index is 0.142. The topological polar surface area (TPSA) is 58.6 Å². The molecule has 3 aromatic rings. The van der Waals surface area contributed by atoms with Gasteiger partial charge in [0.25, 0.3) is 0 Å². The molecule has 0 N–H and O–H groups in total. The summed E-state index contributed by atoms with van der Waals surface area (Å²) in [6.45, 7) is 4.37. The monoisotopic (exact) mass is 454 g/mol. The lowest BCUT2D eigenvalue weighted by atomic mass is 10.1. The lowest BCUT2D eigenvalue weighted by Gasteiger charge is -2.39. The van der Waals surface area contributed by atoms with Crippen molar-refractivity contribution < 1.29 is 9.53 Å². The van der Waals surface area contributed by atoms with Gasteiger partial charge in [0.1, 0.15) is 11.6 Å². The number of anilines is 1. The van der Waals surface area contributed by atoms with Gasteiger partial charge in [0.05, 0.1) is 12.9 Å². The van der Waals surface area contributed by atoms with Gasteiger partial charge >= 0.3 is 0 Å². The second-order valence-electron chi connectivity index (χ2n) is 7.51. The van der Waals surface area contributed by atoms with E-state index in [1.807, 2.05) is 53.4 Å². The summed E-state index contributed by atoms with van der Waals surface area (Å²) in [5.41, 5.74) is 1.13. The number of thioether (sulfide) groups is 1. The summed E-state index contributed by atoms with van der Waals surface area (Å²) in [6, 6.07) is 18.2. The molecule has 1 fully saturated rings. The van der Waals surface area contributed by atoms with Crippen molar-refractivity contribution >= 4 is 34.3 Å². The first-order valence-electron chi connectivity index (χ1n) is 10.3. The summed E-state index contributed by atoms with van der Waals surface area (Å²) in [6.07, 6.45) is 0.679. The summed E-state index contributed by atoms with van der Waals surface area (Å²) in [5, 5.41) is 0.926. The van der Waals surface area contributed by atoms with Gasteiger partial charge in [-0.05, 0) is 36.8 Å². The maximum Gasteiger partial charge on any atom is 0.233 e. The van der Waals surface area contributed by atoms with Gasteiger partial charge in [0, 0.05) is 48.5 Å². The van der Waals surface area contributed by atoms with Gasteiger partial charge < -0.3 is 14.5 Å². The number of rotatable bonds is 7. The fraction of sp³-hybridized carbons (Fsp3) is 0.348. The number of hydrogen-bond donors (Lipinski definition) is 0. The third kappa shape index (κ3) is 5.57. The van der Waals surface area contributed by atoms with Crippen LogP contribution < -0.4 is 9.64 Å². The normalized spacial score (nSPS) is 16.4. The second kappa shape index (κ2) is 10.2. The highest BCUT2D eigenvalue weighted by molar-refractivity contribution is 8.00. The number of nitrogens with zero attached hydrogens (tertiary/aromatic N) is 4. The average Bonchev–Trinajstić information content (AvgIpc) is 3.26. The van der Waals surface area contributed by atoms with Gasteiger partial charge in [0.15, 0.2) is 0 Å². The minimum absolute atomic E-state index is 0.142. The number of carbonyl (C=O) groups is 1. The van der Waals surface area contributed by atoms with Crippen molar-refractivity contribution in [3.63, 3.8) is 0 Å². The molecule has 0 bridgehead atoms. The van der Waals surface area contributed by atoms with E-state index in [1.165, 1.54) is 11.5 Å². The van der Waals surface area contributed by atoms with Crippen molar-refractivity contribution in [2.24, 2.45) is 0 Å². The molecule has 0 aliphatic carbocycles. The van der Waals surface area contributed by atoms with Crippen LogP contribution in [-0.4, -0.2) is 58.7 Å². The van der Waals surface area contributed by atoms with Crippen molar-refractivity contribution in [3.05, 3.63) is 66.0 Å². The summed E-state index contributed by atoms with van der Waals surface area (Å²) in [5.74, 6) is 2.32. The molecular formula is C23H26N4O2S2. The van der Waals surface area contributed by atoms with Gasteiger partial charge in [-0.3, -0.25) is 4.79 Å². The van der Waals surface area contributed by atoms with Crippen molar-refractivity contribution in [1.82, 2.24) is 14.3 Å². The number of piperazine rings is 1. The van der Waals surface area contributed by atoms with Crippen LogP contribution in [0.4, 0.5) is 5.13 Å². The predicted octanol–water partition coefficient (Wildman–Crippen LogP) is 3.97. The zero-order valence-corrected chi connectivity index (χ0v) is 19.4. The summed E-state index contributed by atoms with van der Waals surface area (Å²) in [4.78, 5) is 22.8. The Morgan fingerprint density at radius 2 is 2.03 bits per heavy atom. The molecule has 1 aliphatic rings. The third-order valence-corrected chi connectivity index (χ3v) is 7.09. The largest absolute Gasteiger partial charge is 0.497 e. The van der Waals surface area contributed by atoms with E-state index < -0.39 is 0 Å². The molecule has 8 heteroatoms. The smallest absolute Gasteiger partial charge is 0.233 e. The molecule has 1 aliphatic heterocycles. The molecule has 0 spiro atoms. The number of benzene rings is 2. The predicted molar refractivity (Wildman–Crippen MR) is 126 cm³/mol. The van der Waals surface area contributed by atoms with Crippen LogP contribution in [0.1, 0.15) is 18.3 Å². The van der Waals surface area contributed by atoms with Gasteiger partial charge in [-0.25, -0.2) is 4.98 Å². The first-order chi connectivity index (χ1) is 15.1. The summed E-state index contributed by atoms with van der Waals surface area (Å²) in [7, 11) is 1.67. The van der Waals surface area contributed by atoms with Gasteiger partial charge in [-0.15, -0.1) is 11.8 Å². The Hall–Kier alpha value is -2.58. The molecule has 0 radical (unpaired) electrons. The van der Waals surface area contributed by atoms with E-state index in [4.69, 9.17) is 9.72 Å². The number of amides is 1. The highest BCUT2D eigenvalue weighted by Gasteiger charge is 2.28. The maximum atomic E-state index is 12.7. The summed E-state index contributed by atoms with van der Waals surface area (Å²) < 4.78 is 9.84. The van der Waals surface area contributed by atoms with E-state index in [-0.39, 0.29) is 11.9 Å². The lowest BCUT2D eigenvalue weighted by molar-refractivity contribution is -0.130. The molecular weight excluding hydrogens is 428 g/mol. The SMILES string of the molecule is COc1cccc(Cc2nsc(N3CCN(C(=O)CSc4ccccc4)C(C)C3)n2)c1. The Kier molecular flexibility index (Phi) is 7.09. The van der Waals surface area contributed by atoms with Crippen LogP contribution in [0.5, 0.6) is 5.75 Å². The van der Waals surface area contributed by atoms with Gasteiger partial charge in [-0.2, -0.15) is 4.37 Å².